The third kappa shape index (κ3) is 6.34. The molecule has 0 bridgehead atoms. The van der Waals surface area contributed by atoms with E-state index in [9.17, 15) is 13.2 Å². The molecule has 2 unspecified atom stereocenters. The van der Waals surface area contributed by atoms with E-state index in [-0.39, 0.29) is 31.4 Å². The Morgan fingerprint density at radius 2 is 1.77 bits per heavy atom. The number of morpholine rings is 1. The molecule has 2 atom stereocenters. The van der Waals surface area contributed by atoms with Gasteiger partial charge in [-0.25, -0.2) is 9.52 Å². The smallest absolute Gasteiger partial charge is 0.409 e. The first-order valence-corrected chi connectivity index (χ1v) is 10.8. The third-order valence-electron chi connectivity index (χ3n) is 4.54. The normalized spacial score (nSPS) is 26.0. The molecule has 26 heavy (non-hydrogen) atoms. The Bertz CT molecular complexity index is 541. The average Bonchev–Trinajstić information content (AvgIpc) is 2.58. The largest absolute Gasteiger partial charge is 0.450 e. The molecule has 0 saturated carbocycles. The zero-order chi connectivity index (χ0) is 19.2. The summed E-state index contributed by atoms with van der Waals surface area (Å²) in [4.78, 5) is 15.5. The molecule has 2 aliphatic heterocycles. The third-order valence-corrected chi connectivity index (χ3v) is 6.15. The number of carbonyl (C=O) groups is 1. The molecule has 0 aliphatic carbocycles. The maximum absolute atomic E-state index is 12.4. The Morgan fingerprint density at radius 3 is 2.35 bits per heavy atom. The highest BCUT2D eigenvalue weighted by Crippen LogP contribution is 2.11. The first-order valence-electron chi connectivity index (χ1n) is 9.36. The Balaban J connectivity index is 1.68. The fourth-order valence-electron chi connectivity index (χ4n) is 3.39. The van der Waals surface area contributed by atoms with Crippen LogP contribution in [0.15, 0.2) is 0 Å². The van der Waals surface area contributed by atoms with E-state index >= 15 is 0 Å². The summed E-state index contributed by atoms with van der Waals surface area (Å²) in [5.41, 5.74) is 0. The fraction of sp³-hybridized carbons (Fsp3) is 0.938. The van der Waals surface area contributed by atoms with Gasteiger partial charge in [-0.3, -0.25) is 4.90 Å². The second-order valence-corrected chi connectivity index (χ2v) is 8.61. The van der Waals surface area contributed by atoms with Crippen LogP contribution in [0.1, 0.15) is 27.2 Å². The molecule has 2 fully saturated rings. The molecular weight excluding hydrogens is 360 g/mol. The van der Waals surface area contributed by atoms with Gasteiger partial charge in [0.25, 0.3) is 10.2 Å². The van der Waals surface area contributed by atoms with Crippen LogP contribution in [0.5, 0.6) is 0 Å². The van der Waals surface area contributed by atoms with Crippen LogP contribution >= 0.6 is 0 Å². The van der Waals surface area contributed by atoms with Crippen molar-refractivity contribution in [1.29, 1.82) is 0 Å². The average molecular weight is 393 g/mol. The lowest BCUT2D eigenvalue weighted by atomic mass is 10.2. The van der Waals surface area contributed by atoms with Crippen LogP contribution in [-0.4, -0.2) is 99.8 Å². The number of amides is 1. The maximum atomic E-state index is 12.4. The Labute approximate surface area is 156 Å². The predicted octanol–water partition coefficient (Wildman–Crippen LogP) is 0.0942. The SMILES string of the molecule is CCOC(=O)N1CCN(S(=O)(=O)NCCCN2CC(C)OC(C)C2)CC1. The molecule has 2 aliphatic rings. The Hall–Kier alpha value is -0.940. The van der Waals surface area contributed by atoms with Crippen molar-refractivity contribution in [2.45, 2.75) is 39.4 Å². The van der Waals surface area contributed by atoms with Crippen LogP contribution in [0.2, 0.25) is 0 Å². The van der Waals surface area contributed by atoms with Gasteiger partial charge in [-0.15, -0.1) is 0 Å². The van der Waals surface area contributed by atoms with Crippen LogP contribution in [-0.2, 0) is 19.7 Å². The van der Waals surface area contributed by atoms with E-state index in [1.54, 1.807) is 6.92 Å². The van der Waals surface area contributed by atoms with Crippen molar-refractivity contribution in [2.75, 3.05) is 59.0 Å². The van der Waals surface area contributed by atoms with Crippen LogP contribution in [0.25, 0.3) is 0 Å². The van der Waals surface area contributed by atoms with Gasteiger partial charge < -0.3 is 14.4 Å². The molecule has 0 aromatic carbocycles. The minimum Gasteiger partial charge on any atom is -0.450 e. The van der Waals surface area contributed by atoms with Crippen LogP contribution < -0.4 is 4.72 Å². The lowest BCUT2D eigenvalue weighted by molar-refractivity contribution is -0.0679. The van der Waals surface area contributed by atoms with Crippen molar-refractivity contribution >= 4 is 16.3 Å². The Kier molecular flexibility index (Phi) is 8.08. The molecule has 1 N–H and O–H groups in total. The van der Waals surface area contributed by atoms with Gasteiger partial charge in [-0.05, 0) is 33.7 Å². The standard InChI is InChI=1S/C16H32N4O5S/c1-4-24-16(21)19-8-10-20(11-9-19)26(22,23)17-6-5-7-18-12-14(2)25-15(3)13-18/h14-15,17H,4-13H2,1-3H3. The van der Waals surface area contributed by atoms with Crippen molar-refractivity contribution in [2.24, 2.45) is 0 Å². The van der Waals surface area contributed by atoms with Crippen LogP contribution in [0.3, 0.4) is 0 Å². The van der Waals surface area contributed by atoms with Crippen LogP contribution in [0, 0.1) is 0 Å². The van der Waals surface area contributed by atoms with E-state index in [2.05, 4.69) is 23.5 Å². The molecule has 0 radical (unpaired) electrons. The van der Waals surface area contributed by atoms with Gasteiger partial charge in [0.05, 0.1) is 18.8 Å². The number of rotatable bonds is 7. The summed E-state index contributed by atoms with van der Waals surface area (Å²) in [6.07, 6.45) is 0.797. The highest BCUT2D eigenvalue weighted by molar-refractivity contribution is 7.87. The lowest BCUT2D eigenvalue weighted by Gasteiger charge is -2.35. The molecule has 0 aromatic rings. The van der Waals surface area contributed by atoms with E-state index in [0.717, 1.165) is 26.1 Å². The van der Waals surface area contributed by atoms with Crippen molar-refractivity contribution < 1.29 is 22.7 Å². The molecule has 0 spiro atoms. The fourth-order valence-corrected chi connectivity index (χ4v) is 4.62. The quantitative estimate of drug-likeness (QED) is 0.618. The van der Waals surface area contributed by atoms with Crippen molar-refractivity contribution in [3.63, 3.8) is 0 Å². The number of carbonyl (C=O) groups excluding carboxylic acids is 1. The van der Waals surface area contributed by atoms with Crippen molar-refractivity contribution in [3.05, 3.63) is 0 Å². The topological polar surface area (TPSA) is 91.4 Å². The highest BCUT2D eigenvalue weighted by Gasteiger charge is 2.29. The number of nitrogens with zero attached hydrogens (tertiary/aromatic N) is 3. The van der Waals surface area contributed by atoms with Gasteiger partial charge >= 0.3 is 6.09 Å². The van der Waals surface area contributed by atoms with Gasteiger partial charge in [0.1, 0.15) is 0 Å². The molecule has 2 saturated heterocycles. The molecule has 152 valence electrons. The van der Waals surface area contributed by atoms with E-state index in [4.69, 9.17) is 9.47 Å². The van der Waals surface area contributed by atoms with Crippen molar-refractivity contribution in [3.8, 4) is 0 Å². The van der Waals surface area contributed by atoms with Gasteiger partial charge in [0.2, 0.25) is 0 Å². The summed E-state index contributed by atoms with van der Waals surface area (Å²) < 4.78 is 39.5. The summed E-state index contributed by atoms with van der Waals surface area (Å²) in [5.74, 6) is 0. The monoisotopic (exact) mass is 392 g/mol. The van der Waals surface area contributed by atoms with E-state index < -0.39 is 10.2 Å². The molecular formula is C16H32N4O5S. The van der Waals surface area contributed by atoms with Crippen molar-refractivity contribution in [1.82, 2.24) is 18.8 Å². The first kappa shape index (κ1) is 21.4. The highest BCUT2D eigenvalue weighted by atomic mass is 32.2. The summed E-state index contributed by atoms with van der Waals surface area (Å²) in [5, 5.41) is 0. The minimum absolute atomic E-state index is 0.214. The zero-order valence-electron chi connectivity index (χ0n) is 16.0. The van der Waals surface area contributed by atoms with E-state index in [1.807, 2.05) is 0 Å². The van der Waals surface area contributed by atoms with E-state index in [1.165, 1.54) is 9.21 Å². The summed E-state index contributed by atoms with van der Waals surface area (Å²) in [7, 11) is -3.51. The van der Waals surface area contributed by atoms with Crippen LogP contribution in [0.4, 0.5) is 4.79 Å². The molecule has 9 nitrogen and oxygen atoms in total. The summed E-state index contributed by atoms with van der Waals surface area (Å²) in [6, 6.07) is 0. The predicted molar refractivity (Wildman–Crippen MR) is 98.2 cm³/mol. The molecule has 2 rings (SSSR count). The second kappa shape index (κ2) is 9.84. The van der Waals surface area contributed by atoms with Gasteiger partial charge in [-0.1, -0.05) is 0 Å². The Morgan fingerprint density at radius 1 is 1.15 bits per heavy atom. The molecule has 2 heterocycles. The second-order valence-electron chi connectivity index (χ2n) is 6.85. The molecule has 1 amide bonds. The number of piperazine rings is 1. The number of hydrogen-bond acceptors (Lipinski definition) is 6. The number of ether oxygens (including phenoxy) is 2. The maximum Gasteiger partial charge on any atom is 0.409 e. The lowest BCUT2D eigenvalue weighted by Crippen LogP contribution is -2.53. The zero-order valence-corrected chi connectivity index (χ0v) is 16.8. The molecule has 0 aromatic heterocycles. The first-order chi connectivity index (χ1) is 12.3. The summed E-state index contributed by atoms with van der Waals surface area (Å²) >= 11 is 0. The van der Waals surface area contributed by atoms with Gasteiger partial charge in [0, 0.05) is 45.8 Å². The summed E-state index contributed by atoms with van der Waals surface area (Å²) in [6.45, 7) is 10.5. The van der Waals surface area contributed by atoms with Gasteiger partial charge in [0.15, 0.2) is 0 Å². The number of hydrogen-bond donors (Lipinski definition) is 1. The van der Waals surface area contributed by atoms with Gasteiger partial charge in [-0.2, -0.15) is 12.7 Å². The minimum atomic E-state index is -3.51. The van der Waals surface area contributed by atoms with E-state index in [0.29, 0.717) is 26.2 Å². The number of nitrogens with one attached hydrogen (secondary N) is 1. The molecule has 10 heteroatoms.